The summed E-state index contributed by atoms with van der Waals surface area (Å²) in [4.78, 5) is 0.884. The van der Waals surface area contributed by atoms with E-state index in [4.69, 9.17) is 23.2 Å². The lowest BCUT2D eigenvalue weighted by Gasteiger charge is -2.16. The highest BCUT2D eigenvalue weighted by molar-refractivity contribution is 7.91. The standard InChI is InChI=1S/C14H15Cl2NO2S2/c1-10-7-14(20-13(10)8-15)21(18,19)17(2)9-11-3-5-12(16)6-4-11/h3-7H,8-9H2,1-2H3. The van der Waals surface area contributed by atoms with Crippen molar-refractivity contribution in [3.63, 3.8) is 0 Å². The molecule has 0 fully saturated rings. The van der Waals surface area contributed by atoms with E-state index in [0.29, 0.717) is 21.7 Å². The van der Waals surface area contributed by atoms with Crippen LogP contribution in [0.5, 0.6) is 0 Å². The Kier molecular flexibility index (Phi) is 5.33. The van der Waals surface area contributed by atoms with Gasteiger partial charge in [-0.1, -0.05) is 23.7 Å². The first-order chi connectivity index (χ1) is 9.84. The molecule has 0 spiro atoms. The zero-order chi connectivity index (χ0) is 15.6. The van der Waals surface area contributed by atoms with Crippen LogP contribution in [0.3, 0.4) is 0 Å². The second kappa shape index (κ2) is 6.67. The molecule has 1 heterocycles. The van der Waals surface area contributed by atoms with E-state index in [-0.39, 0.29) is 0 Å². The molecular formula is C14H15Cl2NO2S2. The molecule has 0 saturated carbocycles. The van der Waals surface area contributed by atoms with Crippen molar-refractivity contribution in [3.8, 4) is 0 Å². The van der Waals surface area contributed by atoms with Crippen LogP contribution in [0, 0.1) is 6.92 Å². The second-order valence-electron chi connectivity index (χ2n) is 4.69. The van der Waals surface area contributed by atoms with Crippen molar-refractivity contribution in [2.75, 3.05) is 7.05 Å². The Morgan fingerprint density at radius 3 is 2.38 bits per heavy atom. The fraction of sp³-hybridized carbons (Fsp3) is 0.286. The summed E-state index contributed by atoms with van der Waals surface area (Å²) in [6.07, 6.45) is 0. The maximum absolute atomic E-state index is 12.6. The van der Waals surface area contributed by atoms with Crippen molar-refractivity contribution in [2.24, 2.45) is 0 Å². The predicted molar refractivity (Wildman–Crippen MR) is 88.7 cm³/mol. The molecule has 0 saturated heterocycles. The summed E-state index contributed by atoms with van der Waals surface area (Å²) in [5, 5.41) is 0.630. The van der Waals surface area contributed by atoms with Crippen LogP contribution >= 0.6 is 34.5 Å². The van der Waals surface area contributed by atoms with Gasteiger partial charge in [0.1, 0.15) is 4.21 Å². The smallest absolute Gasteiger partial charge is 0.206 e. The number of benzene rings is 1. The highest BCUT2D eigenvalue weighted by atomic mass is 35.5. The van der Waals surface area contributed by atoms with Crippen molar-refractivity contribution in [1.29, 1.82) is 0 Å². The monoisotopic (exact) mass is 363 g/mol. The number of alkyl halides is 1. The van der Waals surface area contributed by atoms with Crippen molar-refractivity contribution >= 4 is 44.6 Å². The lowest BCUT2D eigenvalue weighted by molar-refractivity contribution is 0.468. The number of nitrogens with zero attached hydrogens (tertiary/aromatic N) is 1. The van der Waals surface area contributed by atoms with Crippen LogP contribution in [0.1, 0.15) is 16.0 Å². The van der Waals surface area contributed by atoms with Gasteiger partial charge in [-0.05, 0) is 36.2 Å². The summed E-state index contributed by atoms with van der Waals surface area (Å²) in [6.45, 7) is 2.17. The van der Waals surface area contributed by atoms with Gasteiger partial charge < -0.3 is 0 Å². The second-order valence-corrected chi connectivity index (χ2v) is 8.80. The molecule has 0 aliphatic rings. The number of hydrogen-bond acceptors (Lipinski definition) is 3. The predicted octanol–water partition coefficient (Wildman–Crippen LogP) is 4.27. The van der Waals surface area contributed by atoms with E-state index in [1.165, 1.54) is 15.6 Å². The molecule has 2 rings (SSSR count). The van der Waals surface area contributed by atoms with Crippen LogP contribution in [0.4, 0.5) is 0 Å². The molecule has 7 heteroatoms. The number of rotatable bonds is 5. The highest BCUT2D eigenvalue weighted by Gasteiger charge is 2.24. The van der Waals surface area contributed by atoms with Gasteiger partial charge in [-0.25, -0.2) is 8.42 Å². The van der Waals surface area contributed by atoms with E-state index >= 15 is 0 Å². The number of aryl methyl sites for hydroxylation is 1. The Hall–Kier alpha value is -0.590. The molecule has 0 radical (unpaired) electrons. The number of sulfonamides is 1. The largest absolute Gasteiger partial charge is 0.252 e. The molecule has 2 aromatic rings. The number of halogens is 2. The Labute approximate surface area is 139 Å². The van der Waals surface area contributed by atoms with Crippen LogP contribution in [0.25, 0.3) is 0 Å². The average molecular weight is 364 g/mol. The van der Waals surface area contributed by atoms with Gasteiger partial charge in [-0.2, -0.15) is 4.31 Å². The van der Waals surface area contributed by atoms with Gasteiger partial charge in [0.15, 0.2) is 0 Å². The van der Waals surface area contributed by atoms with E-state index in [1.807, 2.05) is 19.1 Å². The Bertz CT molecular complexity index is 724. The summed E-state index contributed by atoms with van der Waals surface area (Å²) in [7, 11) is -1.93. The minimum Gasteiger partial charge on any atom is -0.206 e. The number of thiophene rings is 1. The zero-order valence-electron chi connectivity index (χ0n) is 11.6. The van der Waals surface area contributed by atoms with Gasteiger partial charge in [0.05, 0.1) is 5.88 Å². The molecular weight excluding hydrogens is 349 g/mol. The third-order valence-corrected chi connectivity index (χ3v) is 7.27. The molecule has 1 aromatic heterocycles. The highest BCUT2D eigenvalue weighted by Crippen LogP contribution is 2.29. The van der Waals surface area contributed by atoms with E-state index in [2.05, 4.69) is 0 Å². The Balaban J connectivity index is 2.23. The van der Waals surface area contributed by atoms with Gasteiger partial charge in [0, 0.05) is 23.5 Å². The quantitative estimate of drug-likeness (QED) is 0.743. The lowest BCUT2D eigenvalue weighted by atomic mass is 10.2. The molecule has 0 atom stereocenters. The Morgan fingerprint density at radius 1 is 1.24 bits per heavy atom. The van der Waals surface area contributed by atoms with Crippen LogP contribution < -0.4 is 0 Å². The summed E-state index contributed by atoms with van der Waals surface area (Å²) >= 11 is 12.9. The topological polar surface area (TPSA) is 37.4 Å². The average Bonchev–Trinajstić information content (AvgIpc) is 2.83. The maximum Gasteiger partial charge on any atom is 0.252 e. The first-order valence-electron chi connectivity index (χ1n) is 6.20. The third kappa shape index (κ3) is 3.79. The van der Waals surface area contributed by atoms with E-state index < -0.39 is 10.0 Å². The Morgan fingerprint density at radius 2 is 1.86 bits per heavy atom. The normalized spacial score (nSPS) is 12.0. The van der Waals surface area contributed by atoms with Crippen molar-refractivity contribution in [2.45, 2.75) is 23.6 Å². The van der Waals surface area contributed by atoms with Gasteiger partial charge in [-0.3, -0.25) is 0 Å². The SMILES string of the molecule is Cc1cc(S(=O)(=O)N(C)Cc2ccc(Cl)cc2)sc1CCl. The van der Waals surface area contributed by atoms with Crippen LogP contribution in [-0.4, -0.2) is 19.8 Å². The third-order valence-electron chi connectivity index (χ3n) is 3.10. The fourth-order valence-electron chi connectivity index (χ4n) is 1.83. The van der Waals surface area contributed by atoms with Gasteiger partial charge in [0.25, 0.3) is 10.0 Å². The molecule has 21 heavy (non-hydrogen) atoms. The van der Waals surface area contributed by atoms with Gasteiger partial charge in [-0.15, -0.1) is 22.9 Å². The number of hydrogen-bond donors (Lipinski definition) is 0. The molecule has 0 amide bonds. The molecule has 0 aliphatic carbocycles. The minimum absolute atomic E-state index is 0.298. The zero-order valence-corrected chi connectivity index (χ0v) is 14.8. The molecule has 0 aliphatic heterocycles. The van der Waals surface area contributed by atoms with E-state index in [0.717, 1.165) is 16.0 Å². The van der Waals surface area contributed by atoms with Gasteiger partial charge >= 0.3 is 0 Å². The van der Waals surface area contributed by atoms with Gasteiger partial charge in [0.2, 0.25) is 0 Å². The fourth-order valence-corrected chi connectivity index (χ4v) is 5.14. The van der Waals surface area contributed by atoms with Crippen LogP contribution in [-0.2, 0) is 22.4 Å². The van der Waals surface area contributed by atoms with Crippen molar-refractivity contribution in [3.05, 3.63) is 51.4 Å². The lowest BCUT2D eigenvalue weighted by Crippen LogP contribution is -2.25. The first kappa shape index (κ1) is 16.8. The molecule has 0 bridgehead atoms. The molecule has 114 valence electrons. The van der Waals surface area contributed by atoms with E-state index in [1.54, 1.807) is 25.2 Å². The van der Waals surface area contributed by atoms with Crippen molar-refractivity contribution in [1.82, 2.24) is 4.31 Å². The molecule has 3 nitrogen and oxygen atoms in total. The molecule has 1 aromatic carbocycles. The van der Waals surface area contributed by atoms with Crippen LogP contribution in [0.15, 0.2) is 34.5 Å². The first-order valence-corrected chi connectivity index (χ1v) is 9.37. The summed E-state index contributed by atoms with van der Waals surface area (Å²) < 4.78 is 26.8. The minimum atomic E-state index is -3.50. The van der Waals surface area contributed by atoms with Crippen LogP contribution in [0.2, 0.25) is 5.02 Å². The summed E-state index contributed by atoms with van der Waals surface area (Å²) in [5.41, 5.74) is 1.80. The summed E-state index contributed by atoms with van der Waals surface area (Å²) in [5.74, 6) is 0.326. The molecule has 0 unspecified atom stereocenters. The van der Waals surface area contributed by atoms with E-state index in [9.17, 15) is 8.42 Å². The van der Waals surface area contributed by atoms with Crippen molar-refractivity contribution < 1.29 is 8.42 Å². The summed E-state index contributed by atoms with van der Waals surface area (Å²) in [6, 6.07) is 8.81. The molecule has 0 N–H and O–H groups in total. The maximum atomic E-state index is 12.6.